The second kappa shape index (κ2) is 8.29. The highest BCUT2D eigenvalue weighted by Crippen LogP contribution is 2.25. The van der Waals surface area contributed by atoms with Crippen LogP contribution in [0, 0.1) is 12.8 Å². The van der Waals surface area contributed by atoms with Crippen LogP contribution >= 0.6 is 11.6 Å². The average molecular weight is 408 g/mol. The minimum Gasteiger partial charge on any atom is -0.360 e. The molecule has 6 nitrogen and oxygen atoms in total. The summed E-state index contributed by atoms with van der Waals surface area (Å²) < 4.78 is 0. The monoisotopic (exact) mass is 407 g/mol. The lowest BCUT2D eigenvalue weighted by molar-refractivity contribution is -0.907. The highest BCUT2D eigenvalue weighted by molar-refractivity contribution is 6.30. The molecule has 1 atom stereocenters. The average Bonchev–Trinajstić information content (AvgIpc) is 2.86. The summed E-state index contributed by atoms with van der Waals surface area (Å²) in [7, 11) is 0. The minimum atomic E-state index is -0.763. The molecule has 2 heterocycles. The zero-order chi connectivity index (χ0) is 20.5. The van der Waals surface area contributed by atoms with Crippen molar-refractivity contribution < 1.29 is 14.5 Å². The second-order valence-corrected chi connectivity index (χ2v) is 9.19. The number of imide groups is 1. The van der Waals surface area contributed by atoms with E-state index in [9.17, 15) is 9.59 Å². The van der Waals surface area contributed by atoms with Gasteiger partial charge in [-0.25, -0.2) is 9.69 Å². The van der Waals surface area contributed by atoms with Crippen molar-refractivity contribution in [3.05, 3.63) is 28.8 Å². The third kappa shape index (κ3) is 4.44. The fourth-order valence-electron chi connectivity index (χ4n) is 4.01. The van der Waals surface area contributed by atoms with Crippen LogP contribution in [-0.4, -0.2) is 55.2 Å². The number of rotatable bonds is 6. The van der Waals surface area contributed by atoms with Crippen molar-refractivity contribution in [1.29, 1.82) is 0 Å². The van der Waals surface area contributed by atoms with Crippen LogP contribution in [0.1, 0.15) is 39.2 Å². The van der Waals surface area contributed by atoms with E-state index in [0.29, 0.717) is 19.0 Å². The number of aryl methyl sites for hydroxylation is 1. The van der Waals surface area contributed by atoms with Gasteiger partial charge >= 0.3 is 6.03 Å². The van der Waals surface area contributed by atoms with Crippen LogP contribution in [0.3, 0.4) is 0 Å². The summed E-state index contributed by atoms with van der Waals surface area (Å²) >= 11 is 6.16. The lowest BCUT2D eigenvalue weighted by Gasteiger charge is -2.35. The molecule has 0 aromatic heterocycles. The van der Waals surface area contributed by atoms with Gasteiger partial charge < -0.3 is 15.1 Å². The zero-order valence-electron chi connectivity index (χ0n) is 17.3. The first-order chi connectivity index (χ1) is 13.2. The van der Waals surface area contributed by atoms with Crippen LogP contribution in [0.4, 0.5) is 10.5 Å². The number of anilines is 1. The number of hydrogen-bond donors (Lipinski definition) is 2. The Morgan fingerprint density at radius 3 is 2.57 bits per heavy atom. The van der Waals surface area contributed by atoms with Crippen molar-refractivity contribution in [3.63, 3.8) is 0 Å². The van der Waals surface area contributed by atoms with E-state index in [1.165, 1.54) is 21.1 Å². The molecule has 7 heteroatoms. The fraction of sp³-hybridized carbons (Fsp3) is 0.619. The first-order valence-corrected chi connectivity index (χ1v) is 10.6. The smallest absolute Gasteiger partial charge is 0.329 e. The third-order valence-corrected chi connectivity index (χ3v) is 6.17. The highest BCUT2D eigenvalue weighted by Gasteiger charge is 2.48. The molecule has 0 spiro atoms. The number of nitrogens with zero attached hydrogens (tertiary/aromatic N) is 2. The predicted molar refractivity (Wildman–Crippen MR) is 112 cm³/mol. The molecule has 0 bridgehead atoms. The van der Waals surface area contributed by atoms with Crippen LogP contribution in [-0.2, 0) is 4.79 Å². The normalized spacial score (nSPS) is 23.6. The maximum Gasteiger partial charge on any atom is 0.329 e. The van der Waals surface area contributed by atoms with Gasteiger partial charge in [-0.2, -0.15) is 0 Å². The highest BCUT2D eigenvalue weighted by atomic mass is 35.5. The van der Waals surface area contributed by atoms with Gasteiger partial charge in [-0.05, 0) is 50.3 Å². The third-order valence-electron chi connectivity index (χ3n) is 5.93. The number of quaternary nitrogens is 1. The molecular weight excluding hydrogens is 376 g/mol. The first-order valence-electron chi connectivity index (χ1n) is 10.2. The molecule has 2 N–H and O–H groups in total. The van der Waals surface area contributed by atoms with Crippen molar-refractivity contribution in [3.8, 4) is 0 Å². The summed E-state index contributed by atoms with van der Waals surface area (Å²) in [4.78, 5) is 30.3. The maximum absolute atomic E-state index is 12.9. The number of benzene rings is 1. The minimum absolute atomic E-state index is 0.0845. The van der Waals surface area contributed by atoms with Gasteiger partial charge in [0.1, 0.15) is 5.54 Å². The fourth-order valence-corrected chi connectivity index (χ4v) is 4.17. The van der Waals surface area contributed by atoms with Crippen molar-refractivity contribution in [2.75, 3.05) is 37.7 Å². The maximum atomic E-state index is 12.9. The number of carbonyl (C=O) groups excluding carboxylic acids is 2. The van der Waals surface area contributed by atoms with E-state index in [2.05, 4.69) is 31.0 Å². The summed E-state index contributed by atoms with van der Waals surface area (Å²) in [6, 6.07) is 5.72. The molecule has 1 aromatic carbocycles. The Morgan fingerprint density at radius 2 is 1.93 bits per heavy atom. The number of hydrogen-bond acceptors (Lipinski definition) is 3. The summed E-state index contributed by atoms with van der Waals surface area (Å²) in [5, 5.41) is 3.67. The number of carbonyl (C=O) groups is 2. The van der Waals surface area contributed by atoms with Gasteiger partial charge in [0, 0.05) is 10.7 Å². The molecule has 2 saturated heterocycles. The number of urea groups is 1. The molecule has 0 unspecified atom stereocenters. The largest absolute Gasteiger partial charge is 0.360 e. The van der Waals surface area contributed by atoms with Crippen molar-refractivity contribution >= 4 is 29.2 Å². The van der Waals surface area contributed by atoms with E-state index in [1.807, 2.05) is 25.1 Å². The quantitative estimate of drug-likeness (QED) is 0.710. The van der Waals surface area contributed by atoms with Gasteiger partial charge in [-0.15, -0.1) is 0 Å². The Morgan fingerprint density at radius 1 is 1.25 bits per heavy atom. The zero-order valence-corrected chi connectivity index (χ0v) is 18.1. The van der Waals surface area contributed by atoms with E-state index >= 15 is 0 Å². The van der Waals surface area contributed by atoms with E-state index in [-0.39, 0.29) is 11.9 Å². The van der Waals surface area contributed by atoms with Gasteiger partial charge in [0.05, 0.1) is 26.2 Å². The lowest BCUT2D eigenvalue weighted by Crippen LogP contribution is -3.16. The van der Waals surface area contributed by atoms with E-state index in [1.54, 1.807) is 0 Å². The Labute approximate surface area is 172 Å². The molecular formula is C21H32ClN4O2+. The first kappa shape index (κ1) is 20.9. The van der Waals surface area contributed by atoms with E-state index < -0.39 is 5.54 Å². The molecule has 3 rings (SSSR count). The summed E-state index contributed by atoms with van der Waals surface area (Å²) in [5.41, 5.74) is 1.62. The van der Waals surface area contributed by atoms with Crippen molar-refractivity contribution in [2.45, 2.75) is 46.1 Å². The molecule has 154 valence electrons. The molecule has 28 heavy (non-hydrogen) atoms. The van der Waals surface area contributed by atoms with Crippen LogP contribution in [0.15, 0.2) is 18.2 Å². The van der Waals surface area contributed by atoms with E-state index in [0.717, 1.165) is 37.6 Å². The van der Waals surface area contributed by atoms with Gasteiger partial charge in [-0.1, -0.05) is 31.5 Å². The number of halogens is 1. The lowest BCUT2D eigenvalue weighted by atomic mass is 9.92. The molecule has 0 radical (unpaired) electrons. The molecule has 0 aliphatic carbocycles. The summed E-state index contributed by atoms with van der Waals surface area (Å²) in [6.07, 6.45) is 1.60. The Balaban J connectivity index is 1.58. The van der Waals surface area contributed by atoms with Crippen LogP contribution < -0.4 is 15.1 Å². The standard InChI is InChI=1S/C21H31ClN4O2/c1-15(2)7-8-21(4)19(27)26(20(28)23-21)14-24-9-11-25(12-10-24)18-13-17(22)6-5-16(18)3/h5-6,13,15H,7-12,14H2,1-4H3,(H,23,28)/p+1/t21-/m0/s1. The Kier molecular flexibility index (Phi) is 6.20. The topological polar surface area (TPSA) is 57.1 Å². The summed E-state index contributed by atoms with van der Waals surface area (Å²) in [6.45, 7) is 12.2. The van der Waals surface area contributed by atoms with Crippen LogP contribution in [0.25, 0.3) is 0 Å². The van der Waals surface area contributed by atoms with E-state index in [4.69, 9.17) is 11.6 Å². The number of piperazine rings is 1. The number of amides is 3. The molecule has 1 aromatic rings. The van der Waals surface area contributed by atoms with Gasteiger partial charge in [0.15, 0.2) is 6.67 Å². The Bertz CT molecular complexity index is 746. The molecule has 2 fully saturated rings. The van der Waals surface area contributed by atoms with Crippen LogP contribution in [0.2, 0.25) is 5.02 Å². The molecule has 2 aliphatic heterocycles. The van der Waals surface area contributed by atoms with Crippen molar-refractivity contribution in [2.24, 2.45) is 5.92 Å². The predicted octanol–water partition coefficient (Wildman–Crippen LogP) is 2.06. The van der Waals surface area contributed by atoms with Crippen molar-refractivity contribution in [1.82, 2.24) is 10.2 Å². The van der Waals surface area contributed by atoms with Crippen LogP contribution in [0.5, 0.6) is 0 Å². The summed E-state index contributed by atoms with van der Waals surface area (Å²) in [5.74, 6) is 0.419. The molecule has 3 amide bonds. The van der Waals surface area contributed by atoms with Gasteiger partial charge in [-0.3, -0.25) is 4.79 Å². The SMILES string of the molecule is Cc1ccc(Cl)cc1N1CC[NH+](CN2C(=O)N[C@@](C)(CCC(C)C)C2=O)CC1. The van der Waals surface area contributed by atoms with Gasteiger partial charge in [0.2, 0.25) is 0 Å². The second-order valence-electron chi connectivity index (χ2n) is 8.75. The Hall–Kier alpha value is -1.79. The van der Waals surface area contributed by atoms with Gasteiger partial charge in [0.25, 0.3) is 5.91 Å². The molecule has 0 saturated carbocycles. The number of nitrogens with one attached hydrogen (secondary N) is 2. The molecule has 2 aliphatic rings.